The first kappa shape index (κ1) is 14.2. The molecule has 0 saturated heterocycles. The number of nitro groups is 1. The van der Waals surface area contributed by atoms with Gasteiger partial charge in [0.05, 0.1) is 4.92 Å². The van der Waals surface area contributed by atoms with E-state index in [0.717, 1.165) is 25.0 Å². The second-order valence-corrected chi connectivity index (χ2v) is 5.13. The zero-order chi connectivity index (χ0) is 14.5. The van der Waals surface area contributed by atoms with E-state index in [0.29, 0.717) is 5.92 Å². The number of benzene rings is 1. The number of nitrogens with one attached hydrogen (secondary N) is 1. The van der Waals surface area contributed by atoms with Crippen molar-refractivity contribution in [1.82, 2.24) is 5.43 Å². The molecule has 0 radical (unpaired) electrons. The predicted molar refractivity (Wildman–Crippen MR) is 75.6 cm³/mol. The number of hydrogen-bond acceptors (Lipinski definition) is 4. The van der Waals surface area contributed by atoms with Gasteiger partial charge in [-0.1, -0.05) is 13.0 Å². The average molecular weight is 275 g/mol. The molecule has 0 bridgehead atoms. The molecule has 6 nitrogen and oxygen atoms in total. The van der Waals surface area contributed by atoms with Gasteiger partial charge in [0.25, 0.3) is 11.6 Å². The first-order valence-corrected chi connectivity index (χ1v) is 6.66. The number of nitro benzene ring substituents is 1. The Balaban J connectivity index is 2.03. The minimum absolute atomic E-state index is 0.100. The average Bonchev–Trinajstić information content (AvgIpc) is 2.45. The van der Waals surface area contributed by atoms with Gasteiger partial charge in [0.15, 0.2) is 0 Å². The molecule has 0 heterocycles. The van der Waals surface area contributed by atoms with Crippen LogP contribution in [0.3, 0.4) is 0 Å². The highest BCUT2D eigenvalue weighted by Crippen LogP contribution is 2.21. The van der Waals surface area contributed by atoms with Crippen molar-refractivity contribution >= 4 is 17.3 Å². The van der Waals surface area contributed by atoms with Crippen LogP contribution in [0.1, 0.15) is 43.0 Å². The third kappa shape index (κ3) is 3.63. The number of nitrogens with zero attached hydrogens (tertiary/aromatic N) is 2. The van der Waals surface area contributed by atoms with Crippen LogP contribution in [0.25, 0.3) is 0 Å². The molecule has 1 atom stereocenters. The highest BCUT2D eigenvalue weighted by atomic mass is 16.6. The van der Waals surface area contributed by atoms with Crippen LogP contribution in [0.2, 0.25) is 0 Å². The third-order valence-corrected chi connectivity index (χ3v) is 3.38. The molecule has 0 aliphatic heterocycles. The Morgan fingerprint density at radius 1 is 1.50 bits per heavy atom. The second kappa shape index (κ2) is 6.27. The Morgan fingerprint density at radius 3 is 3.00 bits per heavy atom. The quantitative estimate of drug-likeness (QED) is 0.680. The minimum atomic E-state index is -0.522. The van der Waals surface area contributed by atoms with Crippen LogP contribution in [-0.4, -0.2) is 16.5 Å². The number of hydrazone groups is 1. The van der Waals surface area contributed by atoms with E-state index in [1.807, 2.05) is 0 Å². The maximum atomic E-state index is 11.9. The van der Waals surface area contributed by atoms with E-state index >= 15 is 0 Å². The summed E-state index contributed by atoms with van der Waals surface area (Å²) < 4.78 is 0. The van der Waals surface area contributed by atoms with Gasteiger partial charge in [0.2, 0.25) is 0 Å². The van der Waals surface area contributed by atoms with Gasteiger partial charge in [0.1, 0.15) is 0 Å². The molecule has 0 aromatic heterocycles. The van der Waals surface area contributed by atoms with Crippen LogP contribution >= 0.6 is 0 Å². The zero-order valence-corrected chi connectivity index (χ0v) is 11.3. The monoisotopic (exact) mass is 275 g/mol. The molecule has 0 unspecified atom stereocenters. The fourth-order valence-corrected chi connectivity index (χ4v) is 2.32. The Bertz CT molecular complexity index is 554. The summed E-state index contributed by atoms with van der Waals surface area (Å²) in [6.45, 7) is 2.16. The maximum absolute atomic E-state index is 11.9. The van der Waals surface area contributed by atoms with E-state index < -0.39 is 10.8 Å². The highest BCUT2D eigenvalue weighted by Gasteiger charge is 2.15. The number of carbonyl (C=O) groups excluding carboxylic acids is 1. The lowest BCUT2D eigenvalue weighted by Gasteiger charge is -2.18. The third-order valence-electron chi connectivity index (χ3n) is 3.38. The van der Waals surface area contributed by atoms with Crippen LogP contribution in [0.15, 0.2) is 29.4 Å². The molecule has 1 aromatic carbocycles. The zero-order valence-electron chi connectivity index (χ0n) is 11.3. The molecular formula is C14H17N3O3. The molecule has 1 aromatic rings. The predicted octanol–water partition coefficient (Wildman–Crippen LogP) is 2.89. The first-order valence-electron chi connectivity index (χ1n) is 6.66. The van der Waals surface area contributed by atoms with Gasteiger partial charge in [-0.3, -0.25) is 14.9 Å². The van der Waals surface area contributed by atoms with Crippen molar-refractivity contribution in [2.75, 3.05) is 0 Å². The van der Waals surface area contributed by atoms with Gasteiger partial charge < -0.3 is 0 Å². The van der Waals surface area contributed by atoms with Crippen molar-refractivity contribution in [2.45, 2.75) is 32.6 Å². The SMILES string of the molecule is C[C@H]1CCC/C(=N/NC(=O)c2cccc([N+](=O)[O-])c2)C1. The highest BCUT2D eigenvalue weighted by molar-refractivity contribution is 5.96. The van der Waals surface area contributed by atoms with E-state index in [4.69, 9.17) is 0 Å². The van der Waals surface area contributed by atoms with E-state index in [1.165, 1.54) is 30.7 Å². The molecule has 106 valence electrons. The van der Waals surface area contributed by atoms with Crippen molar-refractivity contribution < 1.29 is 9.72 Å². The number of hydrogen-bond donors (Lipinski definition) is 1. The van der Waals surface area contributed by atoms with E-state index in [-0.39, 0.29) is 11.3 Å². The summed E-state index contributed by atoms with van der Waals surface area (Å²) in [4.78, 5) is 22.0. The molecule has 1 amide bonds. The van der Waals surface area contributed by atoms with Gasteiger partial charge in [-0.2, -0.15) is 5.10 Å². The number of non-ortho nitro benzene ring substituents is 1. The molecule has 1 saturated carbocycles. The van der Waals surface area contributed by atoms with E-state index in [2.05, 4.69) is 17.5 Å². The number of rotatable bonds is 3. The van der Waals surface area contributed by atoms with Crippen molar-refractivity contribution in [3.8, 4) is 0 Å². The lowest BCUT2D eigenvalue weighted by molar-refractivity contribution is -0.384. The van der Waals surface area contributed by atoms with Crippen LogP contribution in [0.4, 0.5) is 5.69 Å². The summed E-state index contributed by atoms with van der Waals surface area (Å²) in [5, 5.41) is 14.8. The van der Waals surface area contributed by atoms with Crippen molar-refractivity contribution in [3.05, 3.63) is 39.9 Å². The van der Waals surface area contributed by atoms with Crippen LogP contribution < -0.4 is 5.43 Å². The van der Waals surface area contributed by atoms with Gasteiger partial charge in [0, 0.05) is 23.4 Å². The topological polar surface area (TPSA) is 84.6 Å². The summed E-state index contributed by atoms with van der Waals surface area (Å²) in [6.07, 6.45) is 4.08. The molecule has 1 N–H and O–H groups in total. The Hall–Kier alpha value is -2.24. The lowest BCUT2D eigenvalue weighted by atomic mass is 9.89. The van der Waals surface area contributed by atoms with Crippen LogP contribution in [0.5, 0.6) is 0 Å². The first-order chi connectivity index (χ1) is 9.56. The molecular weight excluding hydrogens is 258 g/mol. The summed E-state index contributed by atoms with van der Waals surface area (Å²) in [7, 11) is 0. The summed E-state index contributed by atoms with van der Waals surface area (Å²) in [6, 6.07) is 5.62. The second-order valence-electron chi connectivity index (χ2n) is 5.13. The Morgan fingerprint density at radius 2 is 2.30 bits per heavy atom. The fourth-order valence-electron chi connectivity index (χ4n) is 2.32. The van der Waals surface area contributed by atoms with Gasteiger partial charge in [-0.25, -0.2) is 5.43 Å². The largest absolute Gasteiger partial charge is 0.271 e. The van der Waals surface area contributed by atoms with Crippen molar-refractivity contribution in [1.29, 1.82) is 0 Å². The van der Waals surface area contributed by atoms with E-state index in [1.54, 1.807) is 0 Å². The molecule has 1 aliphatic carbocycles. The minimum Gasteiger partial charge on any atom is -0.267 e. The molecule has 0 spiro atoms. The molecule has 1 aliphatic rings. The van der Waals surface area contributed by atoms with Gasteiger partial charge in [-0.05, 0) is 37.7 Å². The maximum Gasteiger partial charge on any atom is 0.271 e. The lowest BCUT2D eigenvalue weighted by Crippen LogP contribution is -2.22. The molecule has 20 heavy (non-hydrogen) atoms. The van der Waals surface area contributed by atoms with Crippen LogP contribution in [0, 0.1) is 16.0 Å². The van der Waals surface area contributed by atoms with Gasteiger partial charge >= 0.3 is 0 Å². The summed E-state index contributed by atoms with van der Waals surface area (Å²) in [5.74, 6) is 0.177. The smallest absolute Gasteiger partial charge is 0.267 e. The summed E-state index contributed by atoms with van der Waals surface area (Å²) in [5.41, 5.74) is 3.61. The molecule has 1 fully saturated rings. The number of carbonyl (C=O) groups is 1. The van der Waals surface area contributed by atoms with Crippen LogP contribution in [-0.2, 0) is 0 Å². The number of amides is 1. The summed E-state index contributed by atoms with van der Waals surface area (Å²) >= 11 is 0. The van der Waals surface area contributed by atoms with Gasteiger partial charge in [-0.15, -0.1) is 0 Å². The normalized spacial score (nSPS) is 20.6. The Kier molecular flexibility index (Phi) is 4.45. The van der Waals surface area contributed by atoms with E-state index in [9.17, 15) is 14.9 Å². The fraction of sp³-hybridized carbons (Fsp3) is 0.429. The van der Waals surface area contributed by atoms with Crippen molar-refractivity contribution in [2.24, 2.45) is 11.0 Å². The van der Waals surface area contributed by atoms with Crippen molar-refractivity contribution in [3.63, 3.8) is 0 Å². The molecule has 6 heteroatoms. The standard InChI is InChI=1S/C14H17N3O3/c1-10-4-2-6-12(8-10)15-16-14(18)11-5-3-7-13(9-11)17(19)20/h3,5,7,9-10H,2,4,6,8H2,1H3,(H,16,18)/b15-12-/t10-/m0/s1. The molecule has 2 rings (SSSR count). The Labute approximate surface area is 117 Å².